The maximum Gasteiger partial charge on any atom is 0.238 e. The molecule has 0 bridgehead atoms. The SMILES string of the molecule is CC(C)CC(N(C(=O)C1(C(N)=O)CCC1)C(CC(C)C)C(C)(C)O)C(C)(C)O. The molecule has 0 aromatic rings. The lowest BCUT2D eigenvalue weighted by Gasteiger charge is -2.52. The highest BCUT2D eigenvalue weighted by molar-refractivity contribution is 6.05. The van der Waals surface area contributed by atoms with Crippen molar-refractivity contribution < 1.29 is 19.8 Å². The Morgan fingerprint density at radius 3 is 1.46 bits per heavy atom. The lowest BCUT2D eigenvalue weighted by molar-refractivity contribution is -0.173. The van der Waals surface area contributed by atoms with E-state index in [9.17, 15) is 19.8 Å². The molecule has 6 heteroatoms. The average molecular weight is 399 g/mol. The minimum absolute atomic E-state index is 0.221. The third kappa shape index (κ3) is 5.47. The van der Waals surface area contributed by atoms with Gasteiger partial charge in [-0.1, -0.05) is 34.1 Å². The summed E-state index contributed by atoms with van der Waals surface area (Å²) in [6.07, 6.45) is 2.76. The van der Waals surface area contributed by atoms with E-state index in [1.807, 2.05) is 27.7 Å². The summed E-state index contributed by atoms with van der Waals surface area (Å²) in [7, 11) is 0. The molecule has 1 saturated carbocycles. The van der Waals surface area contributed by atoms with Crippen LogP contribution in [-0.4, -0.2) is 50.2 Å². The molecule has 28 heavy (non-hydrogen) atoms. The maximum atomic E-state index is 13.8. The van der Waals surface area contributed by atoms with E-state index in [1.54, 1.807) is 32.6 Å². The summed E-state index contributed by atoms with van der Waals surface area (Å²) in [5.74, 6) is -0.503. The van der Waals surface area contributed by atoms with Gasteiger partial charge in [0.15, 0.2) is 0 Å². The normalized spacial score (nSPS) is 19.3. The molecule has 1 aliphatic carbocycles. The summed E-state index contributed by atoms with van der Waals surface area (Å²) in [5, 5.41) is 22.0. The first-order valence-electron chi connectivity index (χ1n) is 10.6. The number of nitrogens with zero attached hydrogens (tertiary/aromatic N) is 1. The molecule has 1 fully saturated rings. The molecule has 0 radical (unpaired) electrons. The Morgan fingerprint density at radius 1 is 0.929 bits per heavy atom. The van der Waals surface area contributed by atoms with E-state index in [0.717, 1.165) is 6.42 Å². The first-order valence-corrected chi connectivity index (χ1v) is 10.6. The van der Waals surface area contributed by atoms with Crippen molar-refractivity contribution in [2.24, 2.45) is 23.0 Å². The highest BCUT2D eigenvalue weighted by Gasteiger charge is 2.56. The van der Waals surface area contributed by atoms with Gasteiger partial charge in [0.2, 0.25) is 11.8 Å². The quantitative estimate of drug-likeness (QED) is 0.492. The van der Waals surface area contributed by atoms with Crippen LogP contribution in [0.15, 0.2) is 0 Å². The monoisotopic (exact) mass is 398 g/mol. The van der Waals surface area contributed by atoms with Gasteiger partial charge in [0.25, 0.3) is 0 Å². The van der Waals surface area contributed by atoms with Gasteiger partial charge in [-0.25, -0.2) is 0 Å². The first kappa shape index (κ1) is 24.9. The molecule has 2 atom stereocenters. The van der Waals surface area contributed by atoms with Gasteiger partial charge >= 0.3 is 0 Å². The van der Waals surface area contributed by atoms with Gasteiger partial charge in [0, 0.05) is 0 Å². The van der Waals surface area contributed by atoms with Gasteiger partial charge in [-0.3, -0.25) is 9.59 Å². The summed E-state index contributed by atoms with van der Waals surface area (Å²) < 4.78 is 0. The van der Waals surface area contributed by atoms with Gasteiger partial charge in [-0.2, -0.15) is 0 Å². The van der Waals surface area contributed by atoms with E-state index in [0.29, 0.717) is 25.7 Å². The second-order valence-corrected chi connectivity index (χ2v) is 10.6. The number of rotatable bonds is 10. The van der Waals surface area contributed by atoms with Crippen molar-refractivity contribution in [2.45, 2.75) is 111 Å². The number of aliphatic hydroxyl groups is 2. The average Bonchev–Trinajstić information content (AvgIpc) is 2.40. The van der Waals surface area contributed by atoms with Crippen molar-refractivity contribution in [3.8, 4) is 0 Å². The van der Waals surface area contributed by atoms with E-state index < -0.39 is 34.6 Å². The fraction of sp³-hybridized carbons (Fsp3) is 0.909. The molecule has 0 aliphatic heterocycles. The highest BCUT2D eigenvalue weighted by Crippen LogP contribution is 2.45. The first-order chi connectivity index (χ1) is 12.5. The maximum absolute atomic E-state index is 13.8. The molecule has 1 rings (SSSR count). The molecule has 4 N–H and O–H groups in total. The van der Waals surface area contributed by atoms with Crippen LogP contribution in [0, 0.1) is 17.3 Å². The van der Waals surface area contributed by atoms with Crippen molar-refractivity contribution in [1.82, 2.24) is 4.90 Å². The van der Waals surface area contributed by atoms with Crippen LogP contribution in [-0.2, 0) is 9.59 Å². The van der Waals surface area contributed by atoms with Gasteiger partial charge in [0.05, 0.1) is 23.3 Å². The van der Waals surface area contributed by atoms with Crippen molar-refractivity contribution in [2.75, 3.05) is 0 Å². The Morgan fingerprint density at radius 2 is 1.29 bits per heavy atom. The zero-order valence-electron chi connectivity index (χ0n) is 19.1. The summed E-state index contributed by atoms with van der Waals surface area (Å²) in [6, 6.07) is -1.07. The van der Waals surface area contributed by atoms with Gasteiger partial charge in [-0.15, -0.1) is 0 Å². The van der Waals surface area contributed by atoms with E-state index in [-0.39, 0.29) is 17.7 Å². The minimum Gasteiger partial charge on any atom is -0.388 e. The second-order valence-electron chi connectivity index (χ2n) is 10.6. The number of amides is 2. The molecular formula is C22H42N2O4. The molecule has 6 nitrogen and oxygen atoms in total. The lowest BCUT2D eigenvalue weighted by atomic mass is 9.66. The highest BCUT2D eigenvalue weighted by atomic mass is 16.3. The summed E-state index contributed by atoms with van der Waals surface area (Å²) in [5.41, 5.74) is 2.08. The smallest absolute Gasteiger partial charge is 0.238 e. The summed E-state index contributed by atoms with van der Waals surface area (Å²) in [4.78, 5) is 27.7. The Kier molecular flexibility index (Phi) is 7.74. The Hall–Kier alpha value is -1.14. The van der Waals surface area contributed by atoms with Gasteiger partial charge < -0.3 is 20.8 Å². The van der Waals surface area contributed by atoms with Crippen LogP contribution < -0.4 is 5.73 Å². The van der Waals surface area contributed by atoms with Gasteiger partial charge in [0.1, 0.15) is 5.41 Å². The largest absolute Gasteiger partial charge is 0.388 e. The zero-order chi connectivity index (χ0) is 22.1. The van der Waals surface area contributed by atoms with Crippen molar-refractivity contribution in [3.63, 3.8) is 0 Å². The molecule has 0 aromatic carbocycles. The molecule has 0 aromatic heterocycles. The van der Waals surface area contributed by atoms with E-state index >= 15 is 0 Å². The predicted octanol–water partition coefficient (Wildman–Crippen LogP) is 2.84. The summed E-state index contributed by atoms with van der Waals surface area (Å²) >= 11 is 0. The molecular weight excluding hydrogens is 356 g/mol. The fourth-order valence-electron chi connectivity index (χ4n) is 4.22. The van der Waals surface area contributed by atoms with Crippen molar-refractivity contribution >= 4 is 11.8 Å². The number of carbonyl (C=O) groups excluding carboxylic acids is 2. The van der Waals surface area contributed by atoms with Crippen LogP contribution in [0.5, 0.6) is 0 Å². The van der Waals surface area contributed by atoms with E-state index in [2.05, 4.69) is 0 Å². The van der Waals surface area contributed by atoms with Crippen LogP contribution >= 0.6 is 0 Å². The number of hydrogen-bond acceptors (Lipinski definition) is 4. The fourth-order valence-corrected chi connectivity index (χ4v) is 4.22. The standard InChI is InChI=1S/C22H42N2O4/c1-14(2)12-16(20(5,6)27)24(17(13-15(3)4)21(7,8)28)19(26)22(18(23)25)10-9-11-22/h14-17,27-28H,9-13H2,1-8H3,(H2,23,25). The third-order valence-electron chi connectivity index (χ3n) is 6.01. The molecule has 0 heterocycles. The predicted molar refractivity (Wildman–Crippen MR) is 111 cm³/mol. The van der Waals surface area contributed by atoms with Crippen LogP contribution in [0.25, 0.3) is 0 Å². The van der Waals surface area contributed by atoms with Crippen molar-refractivity contribution in [1.29, 1.82) is 0 Å². The number of carbonyl (C=O) groups is 2. The zero-order valence-corrected chi connectivity index (χ0v) is 19.1. The number of primary amides is 1. The number of nitrogens with two attached hydrogens (primary N) is 1. The van der Waals surface area contributed by atoms with E-state index in [4.69, 9.17) is 5.73 Å². The lowest BCUT2D eigenvalue weighted by Crippen LogP contribution is -2.67. The molecule has 164 valence electrons. The third-order valence-corrected chi connectivity index (χ3v) is 6.01. The van der Waals surface area contributed by atoms with Crippen LogP contribution in [0.3, 0.4) is 0 Å². The summed E-state index contributed by atoms with van der Waals surface area (Å²) in [6.45, 7) is 14.9. The molecule has 0 spiro atoms. The van der Waals surface area contributed by atoms with E-state index in [1.165, 1.54) is 0 Å². The molecule has 0 saturated heterocycles. The minimum atomic E-state index is -1.22. The molecule has 2 unspecified atom stereocenters. The Labute approximate surface area is 170 Å². The Bertz CT molecular complexity index is 526. The van der Waals surface area contributed by atoms with Crippen LogP contribution in [0.4, 0.5) is 0 Å². The molecule has 2 amide bonds. The molecule has 1 aliphatic rings. The Balaban J connectivity index is 3.59. The topological polar surface area (TPSA) is 104 Å². The second kappa shape index (κ2) is 8.70. The van der Waals surface area contributed by atoms with Crippen LogP contribution in [0.2, 0.25) is 0 Å². The van der Waals surface area contributed by atoms with Gasteiger partial charge in [-0.05, 0) is 65.2 Å². The number of hydrogen-bond donors (Lipinski definition) is 3. The van der Waals surface area contributed by atoms with Crippen molar-refractivity contribution in [3.05, 3.63) is 0 Å². The van der Waals surface area contributed by atoms with Crippen LogP contribution in [0.1, 0.15) is 87.5 Å².